The van der Waals surface area contributed by atoms with Crippen molar-refractivity contribution in [1.29, 1.82) is 0 Å². The number of benzene rings is 4. The van der Waals surface area contributed by atoms with E-state index in [-0.39, 0.29) is 11.6 Å². The summed E-state index contributed by atoms with van der Waals surface area (Å²) in [5.41, 5.74) is 7.35. The molecule has 2 aliphatic rings. The number of hydrogen-bond acceptors (Lipinski definition) is 5. The summed E-state index contributed by atoms with van der Waals surface area (Å²) in [5.74, 6) is 1.12. The third-order valence-corrected chi connectivity index (χ3v) is 9.81. The van der Waals surface area contributed by atoms with E-state index < -0.39 is 0 Å². The second kappa shape index (κ2) is 11.6. The molecule has 43 heavy (non-hydrogen) atoms. The van der Waals surface area contributed by atoms with E-state index in [1.807, 2.05) is 65.2 Å². The monoisotopic (exact) mass is 668 g/mol. The van der Waals surface area contributed by atoms with Gasteiger partial charge in [-0.05, 0) is 75.3 Å². The van der Waals surface area contributed by atoms with E-state index in [1.165, 1.54) is 22.5 Å². The molecule has 0 saturated carbocycles. The molecule has 1 aliphatic heterocycles. The highest BCUT2D eigenvalue weighted by Gasteiger charge is 2.32. The van der Waals surface area contributed by atoms with Crippen molar-refractivity contribution in [2.45, 2.75) is 25.5 Å². The van der Waals surface area contributed by atoms with Gasteiger partial charge in [-0.15, -0.1) is 0 Å². The van der Waals surface area contributed by atoms with Gasteiger partial charge in [0.25, 0.3) is 5.56 Å². The summed E-state index contributed by atoms with van der Waals surface area (Å²) < 4.78 is 15.0. The number of thiazole rings is 1. The maximum absolute atomic E-state index is 14.1. The molecule has 0 radical (unpaired) electrons. The normalized spacial score (nSPS) is 15.8. The molecular weight excluding hydrogens is 644 g/mol. The number of rotatable bonds is 6. The number of methoxy groups -OCH3 is 1. The van der Waals surface area contributed by atoms with Crippen molar-refractivity contribution in [3.05, 3.63) is 154 Å². The zero-order valence-electron chi connectivity index (χ0n) is 23.2. The van der Waals surface area contributed by atoms with Gasteiger partial charge in [-0.2, -0.15) is 0 Å². The number of aryl methyl sites for hydroxylation is 1. The first kappa shape index (κ1) is 27.9. The summed E-state index contributed by atoms with van der Waals surface area (Å²) in [6.45, 7) is 0.292. The predicted molar refractivity (Wildman–Crippen MR) is 176 cm³/mol. The molecule has 0 amide bonds. The van der Waals surface area contributed by atoms with Crippen LogP contribution in [0.3, 0.4) is 0 Å². The summed E-state index contributed by atoms with van der Waals surface area (Å²) in [5, 5.41) is 0.642. The molecule has 8 heteroatoms. The number of aromatic nitrogens is 1. The average molecular weight is 670 g/mol. The molecule has 0 N–H and O–H groups in total. The maximum Gasteiger partial charge on any atom is 0.271 e. The molecular formula is C35H26BrClN2O3S. The van der Waals surface area contributed by atoms with Crippen LogP contribution in [0.1, 0.15) is 40.3 Å². The third kappa shape index (κ3) is 5.16. The van der Waals surface area contributed by atoms with Crippen LogP contribution in [0.2, 0.25) is 5.02 Å². The van der Waals surface area contributed by atoms with Crippen molar-refractivity contribution >= 4 is 50.6 Å². The van der Waals surface area contributed by atoms with Crippen LogP contribution in [-0.2, 0) is 13.0 Å². The van der Waals surface area contributed by atoms with Crippen molar-refractivity contribution in [3.8, 4) is 11.5 Å². The molecule has 5 nitrogen and oxygen atoms in total. The molecule has 0 bridgehead atoms. The number of halogens is 2. The SMILES string of the molecule is COc1cc(/C=c2\sc3n(c2=O)[C@@H](c2ccccc2)C2=C(N=3)c3ccccc3CC2)cc(Br)c1OCc1ccccc1Cl. The zero-order chi connectivity index (χ0) is 29.5. The maximum atomic E-state index is 14.1. The highest BCUT2D eigenvalue weighted by molar-refractivity contribution is 9.10. The topological polar surface area (TPSA) is 52.8 Å². The molecule has 7 rings (SSSR count). The Bertz CT molecular complexity index is 2080. The number of fused-ring (bicyclic) bond motifs is 3. The molecule has 2 heterocycles. The second-order valence-electron chi connectivity index (χ2n) is 10.4. The Morgan fingerprint density at radius 1 is 1.02 bits per heavy atom. The first-order valence-electron chi connectivity index (χ1n) is 13.9. The lowest BCUT2D eigenvalue weighted by Gasteiger charge is -2.30. The largest absolute Gasteiger partial charge is 0.493 e. The van der Waals surface area contributed by atoms with E-state index in [0.29, 0.717) is 36.9 Å². The second-order valence-corrected chi connectivity index (χ2v) is 12.7. The minimum atomic E-state index is -0.204. The number of ether oxygens (including phenoxy) is 2. The van der Waals surface area contributed by atoms with Crippen LogP contribution in [0.5, 0.6) is 11.5 Å². The third-order valence-electron chi connectivity index (χ3n) is 7.87. The molecule has 0 saturated heterocycles. The summed E-state index contributed by atoms with van der Waals surface area (Å²) >= 11 is 11.4. The van der Waals surface area contributed by atoms with Gasteiger partial charge in [-0.1, -0.05) is 95.7 Å². The van der Waals surface area contributed by atoms with E-state index in [4.69, 9.17) is 26.1 Å². The zero-order valence-corrected chi connectivity index (χ0v) is 26.4. The molecule has 0 unspecified atom stereocenters. The van der Waals surface area contributed by atoms with Gasteiger partial charge in [0.1, 0.15) is 6.61 Å². The lowest BCUT2D eigenvalue weighted by molar-refractivity contribution is 0.282. The molecule has 214 valence electrons. The lowest BCUT2D eigenvalue weighted by atomic mass is 9.83. The number of allylic oxidation sites excluding steroid dienone is 1. The summed E-state index contributed by atoms with van der Waals surface area (Å²) in [4.78, 5) is 19.9. The fourth-order valence-corrected chi connectivity index (χ4v) is 7.60. The van der Waals surface area contributed by atoms with Crippen molar-refractivity contribution in [3.63, 3.8) is 0 Å². The van der Waals surface area contributed by atoms with Crippen molar-refractivity contribution < 1.29 is 9.47 Å². The molecule has 4 aromatic carbocycles. The molecule has 1 atom stereocenters. The van der Waals surface area contributed by atoms with Gasteiger partial charge in [0, 0.05) is 16.1 Å². The summed E-state index contributed by atoms with van der Waals surface area (Å²) in [6, 6.07) is 29.9. The molecule has 0 spiro atoms. The average Bonchev–Trinajstić information content (AvgIpc) is 3.34. The molecule has 1 aromatic heterocycles. The minimum Gasteiger partial charge on any atom is -0.493 e. The van der Waals surface area contributed by atoms with E-state index in [1.54, 1.807) is 7.11 Å². The highest BCUT2D eigenvalue weighted by Crippen LogP contribution is 2.41. The van der Waals surface area contributed by atoms with Crippen LogP contribution in [-0.4, -0.2) is 11.7 Å². The van der Waals surface area contributed by atoms with Crippen molar-refractivity contribution in [1.82, 2.24) is 4.57 Å². The summed E-state index contributed by atoms with van der Waals surface area (Å²) in [7, 11) is 1.60. The van der Waals surface area contributed by atoms with Crippen LogP contribution in [0.4, 0.5) is 0 Å². The van der Waals surface area contributed by atoms with E-state index >= 15 is 0 Å². The van der Waals surface area contributed by atoms with Crippen LogP contribution in [0.25, 0.3) is 11.8 Å². The van der Waals surface area contributed by atoms with Crippen LogP contribution >= 0.6 is 38.9 Å². The van der Waals surface area contributed by atoms with Gasteiger partial charge in [-0.3, -0.25) is 9.36 Å². The van der Waals surface area contributed by atoms with Gasteiger partial charge in [0.2, 0.25) is 0 Å². The Morgan fingerprint density at radius 3 is 2.60 bits per heavy atom. The lowest BCUT2D eigenvalue weighted by Crippen LogP contribution is -2.38. The first-order chi connectivity index (χ1) is 21.0. The molecule has 1 aliphatic carbocycles. The Labute approximate surface area is 266 Å². The number of hydrogen-bond donors (Lipinski definition) is 0. The van der Waals surface area contributed by atoms with E-state index in [9.17, 15) is 4.79 Å². The van der Waals surface area contributed by atoms with Gasteiger partial charge >= 0.3 is 0 Å². The highest BCUT2D eigenvalue weighted by atomic mass is 79.9. The van der Waals surface area contributed by atoms with Crippen LogP contribution in [0, 0.1) is 0 Å². The smallest absolute Gasteiger partial charge is 0.271 e. The fourth-order valence-electron chi connectivity index (χ4n) is 5.84. The van der Waals surface area contributed by atoms with Gasteiger partial charge in [0.05, 0.1) is 27.9 Å². The first-order valence-corrected chi connectivity index (χ1v) is 15.9. The van der Waals surface area contributed by atoms with Gasteiger partial charge < -0.3 is 9.47 Å². The standard InChI is InChI=1S/C35H26BrClN2O3S/c1-41-29-18-21(17-27(36)33(29)42-20-24-12-6-8-14-28(24)37)19-30-34(40)39-32(23-10-3-2-4-11-23)26-16-15-22-9-5-7-13-25(22)31(26)38-35(39)43-30/h2-14,17-19,32H,15-16,20H2,1H3/b30-19-/t32-/m0/s1. The molecule has 0 fully saturated rings. The van der Waals surface area contributed by atoms with Crippen molar-refractivity contribution in [2.75, 3.05) is 7.11 Å². The molecule has 5 aromatic rings. The minimum absolute atomic E-state index is 0.0582. The Kier molecular flexibility index (Phi) is 7.55. The van der Waals surface area contributed by atoms with Crippen LogP contribution in [0.15, 0.2) is 111 Å². The predicted octanol–water partition coefficient (Wildman–Crippen LogP) is 7.32. The van der Waals surface area contributed by atoms with E-state index in [0.717, 1.165) is 40.8 Å². The van der Waals surface area contributed by atoms with Gasteiger partial charge in [0.15, 0.2) is 16.3 Å². The van der Waals surface area contributed by atoms with E-state index in [2.05, 4.69) is 52.3 Å². The van der Waals surface area contributed by atoms with Crippen molar-refractivity contribution in [2.24, 2.45) is 4.99 Å². The van der Waals surface area contributed by atoms with Gasteiger partial charge in [-0.25, -0.2) is 4.99 Å². The Hall–Kier alpha value is -3.91. The quantitative estimate of drug-likeness (QED) is 0.190. The Balaban J connectivity index is 1.32. The Morgan fingerprint density at radius 2 is 1.79 bits per heavy atom. The fraction of sp³-hybridized carbons (Fsp3) is 0.143. The number of nitrogens with zero attached hydrogens (tertiary/aromatic N) is 2. The van der Waals surface area contributed by atoms with Crippen LogP contribution < -0.4 is 24.4 Å². The summed E-state index contributed by atoms with van der Waals surface area (Å²) in [6.07, 6.45) is 3.68.